The van der Waals surface area contributed by atoms with Crippen molar-refractivity contribution in [3.63, 3.8) is 0 Å². The average Bonchev–Trinajstić information content (AvgIpc) is 2.80. The monoisotopic (exact) mass is 282 g/mol. The molecule has 9 heteroatoms. The van der Waals surface area contributed by atoms with Gasteiger partial charge in [-0.25, -0.2) is 0 Å². The first-order chi connectivity index (χ1) is 8.54. The summed E-state index contributed by atoms with van der Waals surface area (Å²) in [6, 6.07) is 0. The molecule has 0 spiro atoms. The zero-order valence-electron chi connectivity index (χ0n) is 10.1. The van der Waals surface area contributed by atoms with Gasteiger partial charge < -0.3 is 22.9 Å². The molecular weight excluding hydrogens is 268 g/mol. The van der Waals surface area contributed by atoms with Gasteiger partial charge in [-0.2, -0.15) is 10.2 Å². The summed E-state index contributed by atoms with van der Waals surface area (Å²) in [6.45, 7) is 0. The van der Waals surface area contributed by atoms with Crippen molar-refractivity contribution < 1.29 is 0 Å². The number of hydrogen-bond acceptors (Lipinski definition) is 4. The van der Waals surface area contributed by atoms with Crippen LogP contribution in [0.4, 0.5) is 0 Å². The van der Waals surface area contributed by atoms with Crippen LogP contribution in [0.2, 0.25) is 0 Å². The maximum absolute atomic E-state index is 5.20. The third-order valence-corrected chi connectivity index (χ3v) is 2.43. The molecule has 0 bridgehead atoms. The van der Waals surface area contributed by atoms with Gasteiger partial charge in [0.15, 0.2) is 0 Å². The first-order valence-corrected chi connectivity index (χ1v) is 5.27. The SMILES string of the molecule is Cl.NC(N)=N/N=C1/C=C2C/C(=N\N=C(N)N)C=C2C1. The lowest BCUT2D eigenvalue weighted by molar-refractivity contribution is 1.18. The Morgan fingerprint density at radius 2 is 1.16 bits per heavy atom. The van der Waals surface area contributed by atoms with E-state index in [1.807, 2.05) is 12.2 Å². The van der Waals surface area contributed by atoms with E-state index in [2.05, 4.69) is 20.4 Å². The lowest BCUT2D eigenvalue weighted by Gasteiger charge is -1.91. The lowest BCUT2D eigenvalue weighted by atomic mass is 10.2. The van der Waals surface area contributed by atoms with Crippen molar-refractivity contribution >= 4 is 35.7 Å². The number of allylic oxidation sites excluding steroid dienone is 4. The van der Waals surface area contributed by atoms with E-state index in [0.29, 0.717) is 12.8 Å². The molecule has 0 fully saturated rings. The molecule has 0 aromatic heterocycles. The summed E-state index contributed by atoms with van der Waals surface area (Å²) in [5.74, 6) is -0.108. The molecule has 0 aromatic rings. The molecule has 0 radical (unpaired) electrons. The summed E-state index contributed by atoms with van der Waals surface area (Å²) in [6.07, 6.45) is 5.26. The molecule has 19 heavy (non-hydrogen) atoms. The molecule has 0 amide bonds. The van der Waals surface area contributed by atoms with E-state index >= 15 is 0 Å². The molecule has 2 rings (SSSR count). The number of guanidine groups is 2. The quantitative estimate of drug-likeness (QED) is 0.301. The minimum atomic E-state index is -0.0538. The highest BCUT2D eigenvalue weighted by atomic mass is 35.5. The highest BCUT2D eigenvalue weighted by Gasteiger charge is 2.23. The van der Waals surface area contributed by atoms with Crippen LogP contribution in [-0.2, 0) is 0 Å². The summed E-state index contributed by atoms with van der Waals surface area (Å²) in [5, 5.41) is 15.1. The van der Waals surface area contributed by atoms with Gasteiger partial charge in [0.05, 0.1) is 11.4 Å². The van der Waals surface area contributed by atoms with Crippen LogP contribution in [-0.4, -0.2) is 23.3 Å². The smallest absolute Gasteiger partial charge is 0.211 e. The molecule has 0 atom stereocenters. The number of fused-ring (bicyclic) bond motifs is 1. The zero-order valence-corrected chi connectivity index (χ0v) is 10.9. The topological polar surface area (TPSA) is 154 Å². The van der Waals surface area contributed by atoms with Gasteiger partial charge in [0, 0.05) is 12.8 Å². The molecule has 102 valence electrons. The van der Waals surface area contributed by atoms with Crippen molar-refractivity contribution in [3.8, 4) is 0 Å². The van der Waals surface area contributed by atoms with Crippen LogP contribution in [0.3, 0.4) is 0 Å². The number of rotatable bonds is 2. The van der Waals surface area contributed by atoms with Gasteiger partial charge in [-0.3, -0.25) is 0 Å². The number of nitrogens with two attached hydrogens (primary N) is 4. The van der Waals surface area contributed by atoms with E-state index in [1.165, 1.54) is 0 Å². The van der Waals surface area contributed by atoms with Crippen molar-refractivity contribution in [1.29, 1.82) is 0 Å². The first kappa shape index (κ1) is 14.7. The largest absolute Gasteiger partial charge is 0.369 e. The van der Waals surface area contributed by atoms with E-state index in [-0.39, 0.29) is 24.3 Å². The number of hydrogen-bond donors (Lipinski definition) is 4. The van der Waals surface area contributed by atoms with E-state index in [1.54, 1.807) is 0 Å². The van der Waals surface area contributed by atoms with Crippen molar-refractivity contribution in [2.24, 2.45) is 43.3 Å². The van der Waals surface area contributed by atoms with Crippen molar-refractivity contribution in [1.82, 2.24) is 0 Å². The molecule has 0 saturated heterocycles. The fraction of sp³-hybridized carbons (Fsp3) is 0.200. The Morgan fingerprint density at radius 3 is 1.47 bits per heavy atom. The van der Waals surface area contributed by atoms with Crippen molar-refractivity contribution in [3.05, 3.63) is 23.3 Å². The molecule has 0 unspecified atom stereocenters. The van der Waals surface area contributed by atoms with E-state index in [9.17, 15) is 0 Å². The summed E-state index contributed by atoms with van der Waals surface area (Å²) in [5.41, 5.74) is 24.8. The predicted molar refractivity (Wildman–Crippen MR) is 79.1 cm³/mol. The van der Waals surface area contributed by atoms with Gasteiger partial charge in [-0.15, -0.1) is 22.6 Å². The Kier molecular flexibility index (Phi) is 4.65. The van der Waals surface area contributed by atoms with Crippen LogP contribution in [0.25, 0.3) is 0 Å². The molecule has 0 aliphatic heterocycles. The second kappa shape index (κ2) is 6.01. The molecular formula is C10H15ClN8. The van der Waals surface area contributed by atoms with Crippen LogP contribution in [0.1, 0.15) is 12.8 Å². The Bertz CT molecular complexity index is 494. The fourth-order valence-corrected chi connectivity index (χ4v) is 1.78. The first-order valence-electron chi connectivity index (χ1n) is 5.27. The van der Waals surface area contributed by atoms with E-state index in [0.717, 1.165) is 22.6 Å². The second-order valence-electron chi connectivity index (χ2n) is 3.93. The zero-order chi connectivity index (χ0) is 13.1. The average molecular weight is 283 g/mol. The third kappa shape index (κ3) is 3.81. The van der Waals surface area contributed by atoms with Crippen LogP contribution in [0.5, 0.6) is 0 Å². The molecule has 8 nitrogen and oxygen atoms in total. The van der Waals surface area contributed by atoms with Gasteiger partial charge in [0.25, 0.3) is 0 Å². The second-order valence-corrected chi connectivity index (χ2v) is 3.93. The Balaban J connectivity index is 0.00000180. The van der Waals surface area contributed by atoms with Crippen LogP contribution < -0.4 is 22.9 Å². The summed E-state index contributed by atoms with van der Waals surface area (Å²) >= 11 is 0. The Morgan fingerprint density at radius 1 is 0.789 bits per heavy atom. The van der Waals surface area contributed by atoms with Gasteiger partial charge in [-0.05, 0) is 23.3 Å². The standard InChI is InChI=1S/C10H14N8.ClH/c11-9(12)17-15-7-1-5-2-8(4-6(5)3-7)16-18-10(13)14;/h1,4H,2-3H2,(H4,11,12,17)(H4,13,14,18);1H/b15-7-,16-8+;. The normalized spacial score (nSPS) is 20.4. The molecule has 2 aliphatic rings. The lowest BCUT2D eigenvalue weighted by Crippen LogP contribution is -2.22. The van der Waals surface area contributed by atoms with E-state index < -0.39 is 0 Å². The third-order valence-electron chi connectivity index (χ3n) is 2.43. The van der Waals surface area contributed by atoms with Crippen LogP contribution >= 0.6 is 12.4 Å². The number of halogens is 1. The highest BCUT2D eigenvalue weighted by Crippen LogP contribution is 2.32. The summed E-state index contributed by atoms with van der Waals surface area (Å²) < 4.78 is 0. The maximum atomic E-state index is 5.20. The van der Waals surface area contributed by atoms with E-state index in [4.69, 9.17) is 22.9 Å². The van der Waals surface area contributed by atoms with Gasteiger partial charge in [-0.1, -0.05) is 0 Å². The highest BCUT2D eigenvalue weighted by molar-refractivity contribution is 6.10. The van der Waals surface area contributed by atoms with Gasteiger partial charge >= 0.3 is 0 Å². The van der Waals surface area contributed by atoms with Crippen molar-refractivity contribution in [2.45, 2.75) is 12.8 Å². The fourth-order valence-electron chi connectivity index (χ4n) is 1.78. The Hall–Kier alpha value is -2.35. The molecule has 0 heterocycles. The molecule has 0 saturated carbocycles. The minimum Gasteiger partial charge on any atom is -0.369 e. The maximum Gasteiger partial charge on any atom is 0.211 e. The molecule has 2 aliphatic carbocycles. The molecule has 8 N–H and O–H groups in total. The van der Waals surface area contributed by atoms with Gasteiger partial charge in [0.2, 0.25) is 11.9 Å². The van der Waals surface area contributed by atoms with Crippen LogP contribution in [0, 0.1) is 0 Å². The predicted octanol–water partition coefficient (Wildman–Crippen LogP) is -0.673. The number of nitrogens with zero attached hydrogens (tertiary/aromatic N) is 4. The van der Waals surface area contributed by atoms with Crippen LogP contribution in [0.15, 0.2) is 43.7 Å². The van der Waals surface area contributed by atoms with Crippen molar-refractivity contribution in [2.75, 3.05) is 0 Å². The Labute approximate surface area is 116 Å². The summed E-state index contributed by atoms with van der Waals surface area (Å²) in [7, 11) is 0. The summed E-state index contributed by atoms with van der Waals surface area (Å²) in [4.78, 5) is 0. The molecule has 0 aromatic carbocycles. The minimum absolute atomic E-state index is 0. The van der Waals surface area contributed by atoms with Gasteiger partial charge in [0.1, 0.15) is 0 Å².